The number of carboxylic acid groups (broad SMARTS) is 1. The molecule has 0 aliphatic heterocycles. The summed E-state index contributed by atoms with van der Waals surface area (Å²) in [6.07, 6.45) is 0. The summed E-state index contributed by atoms with van der Waals surface area (Å²) in [5.74, 6) is -1.94. The molecule has 1 heterocycles. The van der Waals surface area contributed by atoms with Crippen molar-refractivity contribution in [2.45, 2.75) is 0 Å². The van der Waals surface area contributed by atoms with Crippen molar-refractivity contribution < 1.29 is 18.8 Å². The number of benzene rings is 1. The molecule has 0 unspecified atom stereocenters. The van der Waals surface area contributed by atoms with E-state index in [1.807, 2.05) is 0 Å². The van der Waals surface area contributed by atoms with Gasteiger partial charge >= 0.3 is 5.97 Å². The molecule has 1 N–H and O–H groups in total. The monoisotopic (exact) mass is 275 g/mol. The summed E-state index contributed by atoms with van der Waals surface area (Å²) in [5, 5.41) is 11.9. The molecule has 1 aromatic carbocycles. The molecule has 0 atom stereocenters. The van der Waals surface area contributed by atoms with Crippen LogP contribution in [0.15, 0.2) is 22.7 Å². The zero-order valence-electron chi connectivity index (χ0n) is 8.08. The lowest BCUT2D eigenvalue weighted by Gasteiger charge is -2.01. The van der Waals surface area contributed by atoms with E-state index in [9.17, 15) is 9.18 Å². The first-order chi connectivity index (χ1) is 7.99. The highest BCUT2D eigenvalue weighted by Crippen LogP contribution is 2.33. The van der Waals surface area contributed by atoms with E-state index in [4.69, 9.17) is 32.8 Å². The molecule has 1 aromatic heterocycles. The summed E-state index contributed by atoms with van der Waals surface area (Å²) in [4.78, 5) is 10.6. The van der Waals surface area contributed by atoms with Crippen LogP contribution in [0.5, 0.6) is 0 Å². The van der Waals surface area contributed by atoms with Crippen LogP contribution in [-0.2, 0) is 0 Å². The van der Waals surface area contributed by atoms with Gasteiger partial charge < -0.3 is 9.63 Å². The summed E-state index contributed by atoms with van der Waals surface area (Å²) < 4.78 is 18.1. The second kappa shape index (κ2) is 4.35. The van der Waals surface area contributed by atoms with Crippen LogP contribution in [0.2, 0.25) is 10.0 Å². The van der Waals surface area contributed by atoms with E-state index in [2.05, 4.69) is 5.16 Å². The van der Waals surface area contributed by atoms with E-state index in [0.717, 1.165) is 12.1 Å². The molecule has 0 aliphatic rings. The maximum absolute atomic E-state index is 13.3. The van der Waals surface area contributed by atoms with Crippen LogP contribution in [0.4, 0.5) is 4.39 Å². The molecule has 0 aliphatic carbocycles. The van der Waals surface area contributed by atoms with Gasteiger partial charge in [-0.05, 0) is 12.1 Å². The normalized spacial score (nSPS) is 10.5. The van der Waals surface area contributed by atoms with Gasteiger partial charge in [-0.1, -0.05) is 28.4 Å². The Morgan fingerprint density at radius 2 is 2.06 bits per heavy atom. The first-order valence-electron chi connectivity index (χ1n) is 4.34. The lowest BCUT2D eigenvalue weighted by molar-refractivity contribution is 0.0686. The van der Waals surface area contributed by atoms with Crippen molar-refractivity contribution in [3.63, 3.8) is 0 Å². The lowest BCUT2D eigenvalue weighted by Crippen LogP contribution is -1.94. The molecule has 0 fully saturated rings. The number of carbonyl (C=O) groups is 1. The molecule has 88 valence electrons. The Balaban J connectivity index is 2.56. The number of rotatable bonds is 2. The number of aromatic carboxylic acids is 1. The third-order valence-corrected chi connectivity index (χ3v) is 2.59. The molecule has 2 aromatic rings. The molecule has 4 nitrogen and oxygen atoms in total. The van der Waals surface area contributed by atoms with Crippen LogP contribution in [-0.4, -0.2) is 16.2 Å². The number of carboxylic acids is 1. The molecule has 17 heavy (non-hydrogen) atoms. The predicted molar refractivity (Wildman–Crippen MR) is 58.9 cm³/mol. The van der Waals surface area contributed by atoms with Gasteiger partial charge in [-0.2, -0.15) is 0 Å². The molecule has 7 heteroatoms. The summed E-state index contributed by atoms with van der Waals surface area (Å²) in [6, 6.07) is 3.54. The fraction of sp³-hybridized carbons (Fsp3) is 0. The standard InChI is InChI=1S/C10H4Cl2FNO3/c11-4-1-5(9(12)6(13)2-4)8-3-7(10(15)16)14-17-8/h1-3H,(H,15,16). The van der Waals surface area contributed by atoms with Crippen LogP contribution < -0.4 is 0 Å². The Hall–Kier alpha value is -1.59. The molecule has 0 saturated carbocycles. The molecular formula is C10H4Cl2FNO3. The number of halogens is 3. The number of nitrogens with zero attached hydrogens (tertiary/aromatic N) is 1. The van der Waals surface area contributed by atoms with Crippen molar-refractivity contribution in [2.75, 3.05) is 0 Å². The quantitative estimate of drug-likeness (QED) is 0.853. The predicted octanol–water partition coefficient (Wildman–Crippen LogP) is 3.49. The molecule has 0 bridgehead atoms. The van der Waals surface area contributed by atoms with Gasteiger partial charge in [-0.25, -0.2) is 9.18 Å². The van der Waals surface area contributed by atoms with E-state index >= 15 is 0 Å². The van der Waals surface area contributed by atoms with Gasteiger partial charge in [-0.3, -0.25) is 0 Å². The van der Waals surface area contributed by atoms with E-state index in [1.165, 1.54) is 6.07 Å². The fourth-order valence-corrected chi connectivity index (χ4v) is 1.65. The van der Waals surface area contributed by atoms with E-state index < -0.39 is 11.8 Å². The van der Waals surface area contributed by atoms with Crippen molar-refractivity contribution in [1.29, 1.82) is 0 Å². The fourth-order valence-electron chi connectivity index (χ4n) is 1.24. The average molecular weight is 276 g/mol. The topological polar surface area (TPSA) is 63.3 Å². The Morgan fingerprint density at radius 3 is 2.65 bits per heavy atom. The van der Waals surface area contributed by atoms with Crippen molar-refractivity contribution in [1.82, 2.24) is 5.16 Å². The summed E-state index contributed by atoms with van der Waals surface area (Å²) in [7, 11) is 0. The van der Waals surface area contributed by atoms with Gasteiger partial charge in [0.15, 0.2) is 11.5 Å². The van der Waals surface area contributed by atoms with Gasteiger partial charge in [0, 0.05) is 16.7 Å². The highest BCUT2D eigenvalue weighted by Gasteiger charge is 2.17. The maximum atomic E-state index is 13.3. The summed E-state index contributed by atoms with van der Waals surface area (Å²) >= 11 is 11.4. The molecule has 0 radical (unpaired) electrons. The van der Waals surface area contributed by atoms with Crippen molar-refractivity contribution in [2.24, 2.45) is 0 Å². The molecular weight excluding hydrogens is 272 g/mol. The van der Waals surface area contributed by atoms with Gasteiger partial charge in [-0.15, -0.1) is 0 Å². The molecule has 0 spiro atoms. The van der Waals surface area contributed by atoms with E-state index in [1.54, 1.807) is 0 Å². The minimum atomic E-state index is -1.25. The zero-order chi connectivity index (χ0) is 12.6. The van der Waals surface area contributed by atoms with Crippen LogP contribution in [0.1, 0.15) is 10.5 Å². The molecule has 0 amide bonds. The minimum Gasteiger partial charge on any atom is -0.476 e. The maximum Gasteiger partial charge on any atom is 0.358 e. The first kappa shape index (κ1) is 11.9. The zero-order valence-corrected chi connectivity index (χ0v) is 9.59. The number of hydrogen-bond acceptors (Lipinski definition) is 3. The van der Waals surface area contributed by atoms with Crippen molar-refractivity contribution in [3.05, 3.63) is 39.8 Å². The van der Waals surface area contributed by atoms with E-state index in [0.29, 0.717) is 0 Å². The number of aromatic nitrogens is 1. The van der Waals surface area contributed by atoms with E-state index in [-0.39, 0.29) is 27.1 Å². The molecule has 2 rings (SSSR count). The van der Waals surface area contributed by atoms with Crippen LogP contribution >= 0.6 is 23.2 Å². The van der Waals surface area contributed by atoms with Crippen molar-refractivity contribution in [3.8, 4) is 11.3 Å². The van der Waals surface area contributed by atoms with Gasteiger partial charge in [0.2, 0.25) is 0 Å². The third-order valence-electron chi connectivity index (χ3n) is 1.99. The number of hydrogen-bond donors (Lipinski definition) is 1. The molecule has 0 saturated heterocycles. The average Bonchev–Trinajstić information content (AvgIpc) is 2.72. The van der Waals surface area contributed by atoms with Crippen LogP contribution in [0.3, 0.4) is 0 Å². The highest BCUT2D eigenvalue weighted by atomic mass is 35.5. The summed E-state index contributed by atoms with van der Waals surface area (Å²) in [5.41, 5.74) is -0.145. The van der Waals surface area contributed by atoms with Crippen LogP contribution in [0.25, 0.3) is 11.3 Å². The van der Waals surface area contributed by atoms with Crippen molar-refractivity contribution >= 4 is 29.2 Å². The largest absolute Gasteiger partial charge is 0.476 e. The highest BCUT2D eigenvalue weighted by molar-refractivity contribution is 6.35. The van der Waals surface area contributed by atoms with Crippen LogP contribution in [0, 0.1) is 5.82 Å². The Kier molecular flexibility index (Phi) is 3.04. The Bertz CT molecular complexity index is 597. The SMILES string of the molecule is O=C(O)c1cc(-c2cc(Cl)cc(F)c2Cl)on1. The Labute approximate surface area is 105 Å². The second-order valence-electron chi connectivity index (χ2n) is 3.13. The Morgan fingerprint density at radius 1 is 1.35 bits per heavy atom. The summed E-state index contributed by atoms with van der Waals surface area (Å²) in [6.45, 7) is 0. The second-order valence-corrected chi connectivity index (χ2v) is 3.95. The first-order valence-corrected chi connectivity index (χ1v) is 5.09. The third kappa shape index (κ3) is 2.25. The van der Waals surface area contributed by atoms with Gasteiger partial charge in [0.05, 0.1) is 5.02 Å². The lowest BCUT2D eigenvalue weighted by atomic mass is 10.1. The minimum absolute atomic E-state index is 0.0359. The smallest absolute Gasteiger partial charge is 0.358 e. The van der Waals surface area contributed by atoms with Gasteiger partial charge in [0.25, 0.3) is 0 Å². The van der Waals surface area contributed by atoms with Gasteiger partial charge in [0.1, 0.15) is 5.82 Å².